The summed E-state index contributed by atoms with van der Waals surface area (Å²) in [6, 6.07) is 4.98. The van der Waals surface area contributed by atoms with Crippen molar-refractivity contribution >= 4 is 11.7 Å². The molecule has 0 aliphatic carbocycles. The van der Waals surface area contributed by atoms with Crippen molar-refractivity contribution in [3.05, 3.63) is 18.2 Å². The van der Waals surface area contributed by atoms with Crippen LogP contribution in [-0.4, -0.2) is 52.5 Å². The minimum Gasteiger partial charge on any atom is -0.497 e. The third kappa shape index (κ3) is 4.67. The fourth-order valence-electron chi connectivity index (χ4n) is 1.43. The maximum absolute atomic E-state index is 11.9. The van der Waals surface area contributed by atoms with Gasteiger partial charge >= 0.3 is 6.03 Å². The molecular formula is C13H20N2O4. The quantitative estimate of drug-likeness (QED) is 0.855. The zero-order valence-corrected chi connectivity index (χ0v) is 11.7. The molecule has 0 aromatic heterocycles. The molecule has 0 aliphatic rings. The zero-order valence-electron chi connectivity index (χ0n) is 11.7. The van der Waals surface area contributed by atoms with Gasteiger partial charge in [-0.15, -0.1) is 0 Å². The largest absolute Gasteiger partial charge is 0.497 e. The molecule has 1 aromatic rings. The van der Waals surface area contributed by atoms with E-state index in [0.717, 1.165) is 0 Å². The molecule has 0 spiro atoms. The minimum absolute atomic E-state index is 0.215. The summed E-state index contributed by atoms with van der Waals surface area (Å²) in [5.41, 5.74) is 0.616. The number of ether oxygens (including phenoxy) is 3. The Balaban J connectivity index is 2.72. The first-order valence-electron chi connectivity index (χ1n) is 5.84. The molecule has 1 rings (SSSR count). The SMILES string of the molecule is COCCN(C)C(=O)Nc1cc(OC)cc(OC)c1. The van der Waals surface area contributed by atoms with Gasteiger partial charge in [0.1, 0.15) is 11.5 Å². The lowest BCUT2D eigenvalue weighted by molar-refractivity contribution is 0.165. The Hall–Kier alpha value is -1.95. The van der Waals surface area contributed by atoms with E-state index in [4.69, 9.17) is 14.2 Å². The van der Waals surface area contributed by atoms with E-state index in [1.165, 1.54) is 4.90 Å². The lowest BCUT2D eigenvalue weighted by Crippen LogP contribution is -2.33. The van der Waals surface area contributed by atoms with Crippen molar-refractivity contribution in [2.45, 2.75) is 0 Å². The first-order valence-corrected chi connectivity index (χ1v) is 5.84. The number of nitrogens with one attached hydrogen (secondary N) is 1. The van der Waals surface area contributed by atoms with Gasteiger partial charge < -0.3 is 24.4 Å². The first kappa shape index (κ1) is 15.1. The summed E-state index contributed by atoms with van der Waals surface area (Å²) >= 11 is 0. The van der Waals surface area contributed by atoms with Gasteiger partial charge in [-0.2, -0.15) is 0 Å². The highest BCUT2D eigenvalue weighted by atomic mass is 16.5. The average Bonchev–Trinajstić information content (AvgIpc) is 2.43. The van der Waals surface area contributed by atoms with E-state index in [1.54, 1.807) is 46.6 Å². The molecule has 1 aromatic carbocycles. The van der Waals surface area contributed by atoms with Gasteiger partial charge in [-0.05, 0) is 0 Å². The molecule has 0 radical (unpaired) electrons. The zero-order chi connectivity index (χ0) is 14.3. The van der Waals surface area contributed by atoms with E-state index >= 15 is 0 Å². The van der Waals surface area contributed by atoms with E-state index in [9.17, 15) is 4.79 Å². The van der Waals surface area contributed by atoms with Gasteiger partial charge in [0, 0.05) is 44.6 Å². The van der Waals surface area contributed by atoms with Crippen molar-refractivity contribution in [3.63, 3.8) is 0 Å². The van der Waals surface area contributed by atoms with Crippen molar-refractivity contribution in [1.82, 2.24) is 4.90 Å². The van der Waals surface area contributed by atoms with Crippen LogP contribution in [0.5, 0.6) is 11.5 Å². The Morgan fingerprint density at radius 3 is 2.21 bits per heavy atom. The van der Waals surface area contributed by atoms with Crippen molar-refractivity contribution in [2.75, 3.05) is 46.8 Å². The van der Waals surface area contributed by atoms with Gasteiger partial charge in [-0.1, -0.05) is 0 Å². The molecule has 0 fully saturated rings. The number of amides is 2. The van der Waals surface area contributed by atoms with Gasteiger partial charge in [-0.3, -0.25) is 0 Å². The van der Waals surface area contributed by atoms with E-state index in [-0.39, 0.29) is 6.03 Å². The second-order valence-electron chi connectivity index (χ2n) is 3.95. The number of anilines is 1. The maximum Gasteiger partial charge on any atom is 0.321 e. The minimum atomic E-state index is -0.215. The summed E-state index contributed by atoms with van der Waals surface area (Å²) in [4.78, 5) is 13.4. The van der Waals surface area contributed by atoms with Crippen molar-refractivity contribution in [3.8, 4) is 11.5 Å². The molecule has 1 N–H and O–H groups in total. The lowest BCUT2D eigenvalue weighted by atomic mass is 10.3. The smallest absolute Gasteiger partial charge is 0.321 e. The second-order valence-corrected chi connectivity index (χ2v) is 3.95. The molecule has 0 saturated heterocycles. The molecule has 0 heterocycles. The Labute approximate surface area is 113 Å². The Morgan fingerprint density at radius 1 is 1.16 bits per heavy atom. The van der Waals surface area contributed by atoms with E-state index in [1.807, 2.05) is 0 Å². The van der Waals surface area contributed by atoms with Gasteiger partial charge in [-0.25, -0.2) is 4.79 Å². The van der Waals surface area contributed by atoms with Crippen LogP contribution in [0.3, 0.4) is 0 Å². The Bertz CT molecular complexity index is 401. The van der Waals surface area contributed by atoms with Gasteiger partial charge in [0.25, 0.3) is 0 Å². The molecule has 2 amide bonds. The van der Waals surface area contributed by atoms with Gasteiger partial charge in [0.05, 0.1) is 20.8 Å². The third-order valence-electron chi connectivity index (χ3n) is 2.58. The molecule has 0 atom stereocenters. The lowest BCUT2D eigenvalue weighted by Gasteiger charge is -2.18. The number of methoxy groups -OCH3 is 3. The van der Waals surface area contributed by atoms with Crippen LogP contribution in [-0.2, 0) is 4.74 Å². The number of carbonyl (C=O) groups is 1. The van der Waals surface area contributed by atoms with Crippen LogP contribution >= 0.6 is 0 Å². The Morgan fingerprint density at radius 2 is 1.74 bits per heavy atom. The fourth-order valence-corrected chi connectivity index (χ4v) is 1.43. The Kier molecular flexibility index (Phi) is 5.95. The fraction of sp³-hybridized carbons (Fsp3) is 0.462. The summed E-state index contributed by atoms with van der Waals surface area (Å²) in [5, 5.41) is 2.77. The highest BCUT2D eigenvalue weighted by Gasteiger charge is 2.10. The van der Waals surface area contributed by atoms with Crippen molar-refractivity contribution < 1.29 is 19.0 Å². The van der Waals surface area contributed by atoms with Crippen LogP contribution < -0.4 is 14.8 Å². The predicted octanol–water partition coefficient (Wildman–Crippen LogP) is 1.81. The number of urea groups is 1. The second kappa shape index (κ2) is 7.48. The molecule has 6 heteroatoms. The van der Waals surface area contributed by atoms with Crippen LogP contribution in [0.4, 0.5) is 10.5 Å². The molecule has 19 heavy (non-hydrogen) atoms. The summed E-state index contributed by atoms with van der Waals surface area (Å²) in [6.07, 6.45) is 0. The molecule has 0 aliphatic heterocycles. The monoisotopic (exact) mass is 268 g/mol. The molecule has 0 saturated carbocycles. The molecule has 0 unspecified atom stereocenters. The van der Waals surface area contributed by atoms with Crippen LogP contribution in [0.2, 0.25) is 0 Å². The summed E-state index contributed by atoms with van der Waals surface area (Å²) in [6.45, 7) is 1.01. The van der Waals surface area contributed by atoms with Gasteiger partial charge in [0.2, 0.25) is 0 Å². The van der Waals surface area contributed by atoms with Crippen LogP contribution in [0.15, 0.2) is 18.2 Å². The maximum atomic E-state index is 11.9. The number of nitrogens with zero attached hydrogens (tertiary/aromatic N) is 1. The molecule has 6 nitrogen and oxygen atoms in total. The predicted molar refractivity (Wildman–Crippen MR) is 73.1 cm³/mol. The highest BCUT2D eigenvalue weighted by Crippen LogP contribution is 2.25. The van der Waals surface area contributed by atoms with Crippen LogP contribution in [0.1, 0.15) is 0 Å². The molecular weight excluding hydrogens is 248 g/mol. The van der Waals surface area contributed by atoms with Crippen LogP contribution in [0, 0.1) is 0 Å². The van der Waals surface area contributed by atoms with Crippen molar-refractivity contribution in [1.29, 1.82) is 0 Å². The van der Waals surface area contributed by atoms with E-state index in [2.05, 4.69) is 5.32 Å². The number of benzene rings is 1. The number of likely N-dealkylation sites (N-methyl/N-ethyl adjacent to an activating group) is 1. The first-order chi connectivity index (χ1) is 9.10. The highest BCUT2D eigenvalue weighted by molar-refractivity contribution is 5.89. The third-order valence-corrected chi connectivity index (χ3v) is 2.58. The van der Waals surface area contributed by atoms with Gasteiger partial charge in [0.15, 0.2) is 0 Å². The molecule has 106 valence electrons. The number of rotatable bonds is 6. The summed E-state index contributed by atoms with van der Waals surface area (Å²) in [5.74, 6) is 1.24. The van der Waals surface area contributed by atoms with Crippen molar-refractivity contribution in [2.24, 2.45) is 0 Å². The normalized spacial score (nSPS) is 9.89. The topological polar surface area (TPSA) is 60.0 Å². The summed E-state index contributed by atoms with van der Waals surface area (Å²) < 4.78 is 15.2. The molecule has 0 bridgehead atoms. The number of hydrogen-bond donors (Lipinski definition) is 1. The van der Waals surface area contributed by atoms with Crippen LogP contribution in [0.25, 0.3) is 0 Å². The standard InChI is InChI=1S/C13H20N2O4/c1-15(5-6-17-2)13(16)14-10-7-11(18-3)9-12(8-10)19-4/h7-9H,5-6H2,1-4H3,(H,14,16). The number of carbonyl (C=O) groups excluding carboxylic acids is 1. The summed E-state index contributed by atoms with van der Waals surface area (Å²) in [7, 11) is 6.42. The van der Waals surface area contributed by atoms with E-state index < -0.39 is 0 Å². The van der Waals surface area contributed by atoms with E-state index in [0.29, 0.717) is 30.3 Å². The average molecular weight is 268 g/mol. The number of hydrogen-bond acceptors (Lipinski definition) is 4.